The van der Waals surface area contributed by atoms with Crippen LogP contribution in [-0.2, 0) is 14.3 Å². The number of carbonyl (C=O) groups is 2. The first-order valence-corrected chi connectivity index (χ1v) is 6.89. The zero-order chi connectivity index (χ0) is 15.2. The fourth-order valence-corrected chi connectivity index (χ4v) is 2.41. The highest BCUT2D eigenvalue weighted by Crippen LogP contribution is 2.25. The summed E-state index contributed by atoms with van der Waals surface area (Å²) in [6.45, 7) is 2.07. The van der Waals surface area contributed by atoms with Crippen molar-refractivity contribution < 1.29 is 23.8 Å². The Bertz CT molecular complexity index is 497. The summed E-state index contributed by atoms with van der Waals surface area (Å²) in [5.74, 6) is -1.89. The summed E-state index contributed by atoms with van der Waals surface area (Å²) in [6, 6.07) is 5.64. The zero-order valence-electron chi connectivity index (χ0n) is 11.6. The molecule has 1 amide bonds. The lowest BCUT2D eigenvalue weighted by Gasteiger charge is -2.28. The minimum Gasteiger partial charge on any atom is -0.481 e. The number of amides is 1. The van der Waals surface area contributed by atoms with Crippen LogP contribution < -0.4 is 0 Å². The minimum atomic E-state index is -0.973. The molecule has 0 radical (unpaired) electrons. The van der Waals surface area contributed by atoms with Crippen LogP contribution in [0.1, 0.15) is 24.3 Å². The Balaban J connectivity index is 2.06. The molecule has 114 valence electrons. The number of carboxylic acids is 1. The van der Waals surface area contributed by atoms with Crippen molar-refractivity contribution in [3.8, 4) is 0 Å². The van der Waals surface area contributed by atoms with Gasteiger partial charge in [-0.25, -0.2) is 4.39 Å². The van der Waals surface area contributed by atoms with Crippen LogP contribution in [0, 0.1) is 5.82 Å². The maximum absolute atomic E-state index is 13.0. The van der Waals surface area contributed by atoms with Crippen molar-refractivity contribution in [2.45, 2.75) is 18.8 Å². The smallest absolute Gasteiger partial charge is 0.303 e. The Morgan fingerprint density at radius 2 is 1.81 bits per heavy atom. The van der Waals surface area contributed by atoms with Crippen LogP contribution in [0.15, 0.2) is 24.3 Å². The molecule has 21 heavy (non-hydrogen) atoms. The molecule has 0 aliphatic carbocycles. The summed E-state index contributed by atoms with van der Waals surface area (Å²) < 4.78 is 18.1. The molecule has 1 heterocycles. The number of carboxylic acid groups (broad SMARTS) is 1. The first kappa shape index (κ1) is 15.4. The summed E-state index contributed by atoms with van der Waals surface area (Å²) in [5, 5.41) is 9.00. The van der Waals surface area contributed by atoms with Crippen LogP contribution in [0.4, 0.5) is 4.39 Å². The molecule has 1 aliphatic heterocycles. The Kier molecular flexibility index (Phi) is 5.27. The summed E-state index contributed by atoms with van der Waals surface area (Å²) >= 11 is 0. The number of nitrogens with zero attached hydrogens (tertiary/aromatic N) is 1. The molecule has 6 heteroatoms. The predicted molar refractivity (Wildman–Crippen MR) is 73.4 cm³/mol. The van der Waals surface area contributed by atoms with Gasteiger partial charge >= 0.3 is 5.97 Å². The third-order valence-electron chi connectivity index (χ3n) is 3.55. The maximum Gasteiger partial charge on any atom is 0.303 e. The molecule has 0 spiro atoms. The van der Waals surface area contributed by atoms with Crippen LogP contribution in [0.2, 0.25) is 0 Å². The van der Waals surface area contributed by atoms with Gasteiger partial charge in [-0.05, 0) is 17.7 Å². The second kappa shape index (κ2) is 7.17. The molecule has 1 aromatic rings. The second-order valence-electron chi connectivity index (χ2n) is 5.04. The van der Waals surface area contributed by atoms with Crippen molar-refractivity contribution in [1.29, 1.82) is 0 Å². The third-order valence-corrected chi connectivity index (χ3v) is 3.55. The molecule has 5 nitrogen and oxygen atoms in total. The molecule has 1 saturated heterocycles. The van der Waals surface area contributed by atoms with Gasteiger partial charge in [0.2, 0.25) is 5.91 Å². The third kappa shape index (κ3) is 4.53. The largest absolute Gasteiger partial charge is 0.481 e. The van der Waals surface area contributed by atoms with Gasteiger partial charge in [-0.2, -0.15) is 0 Å². The van der Waals surface area contributed by atoms with E-state index in [-0.39, 0.29) is 24.6 Å². The lowest BCUT2D eigenvalue weighted by Crippen LogP contribution is -2.41. The van der Waals surface area contributed by atoms with Crippen molar-refractivity contribution in [3.63, 3.8) is 0 Å². The lowest BCUT2D eigenvalue weighted by atomic mass is 9.92. The van der Waals surface area contributed by atoms with E-state index in [2.05, 4.69) is 0 Å². The number of hydrogen-bond donors (Lipinski definition) is 1. The molecule has 1 atom stereocenters. The summed E-state index contributed by atoms with van der Waals surface area (Å²) in [7, 11) is 0. The molecular weight excluding hydrogens is 277 g/mol. The van der Waals surface area contributed by atoms with Crippen molar-refractivity contribution in [1.82, 2.24) is 4.90 Å². The first-order chi connectivity index (χ1) is 10.1. The number of hydrogen-bond acceptors (Lipinski definition) is 3. The Labute approximate surface area is 122 Å². The van der Waals surface area contributed by atoms with Gasteiger partial charge in [-0.3, -0.25) is 9.59 Å². The van der Waals surface area contributed by atoms with E-state index in [1.807, 2.05) is 0 Å². The van der Waals surface area contributed by atoms with Gasteiger partial charge in [0.05, 0.1) is 19.6 Å². The van der Waals surface area contributed by atoms with Gasteiger partial charge in [-0.15, -0.1) is 0 Å². The molecule has 1 aliphatic rings. The van der Waals surface area contributed by atoms with Crippen molar-refractivity contribution in [2.75, 3.05) is 26.3 Å². The van der Waals surface area contributed by atoms with E-state index in [1.54, 1.807) is 4.90 Å². The van der Waals surface area contributed by atoms with Crippen LogP contribution >= 0.6 is 0 Å². The standard InChI is InChI=1S/C15H18FNO4/c16-13-3-1-11(2-4-13)12(10-15(19)20)9-14(18)17-5-7-21-8-6-17/h1-4,12H,5-10H2,(H,19,20). The van der Waals surface area contributed by atoms with Crippen molar-refractivity contribution >= 4 is 11.9 Å². The zero-order valence-corrected chi connectivity index (χ0v) is 11.6. The average molecular weight is 295 g/mol. The molecule has 1 aromatic carbocycles. The highest BCUT2D eigenvalue weighted by Gasteiger charge is 2.24. The molecule has 2 rings (SSSR count). The topological polar surface area (TPSA) is 66.8 Å². The Morgan fingerprint density at radius 3 is 2.38 bits per heavy atom. The number of rotatable bonds is 5. The maximum atomic E-state index is 13.0. The van der Waals surface area contributed by atoms with Crippen LogP contribution in [0.25, 0.3) is 0 Å². The van der Waals surface area contributed by atoms with Gasteiger partial charge in [0.25, 0.3) is 0 Å². The monoisotopic (exact) mass is 295 g/mol. The van der Waals surface area contributed by atoms with E-state index >= 15 is 0 Å². The van der Waals surface area contributed by atoms with E-state index in [1.165, 1.54) is 24.3 Å². The molecule has 1 unspecified atom stereocenters. The van der Waals surface area contributed by atoms with Crippen LogP contribution in [0.5, 0.6) is 0 Å². The molecule has 0 aromatic heterocycles. The van der Waals surface area contributed by atoms with Crippen molar-refractivity contribution in [2.24, 2.45) is 0 Å². The normalized spacial score (nSPS) is 16.5. The summed E-state index contributed by atoms with van der Waals surface area (Å²) in [4.78, 5) is 24.9. The molecule has 0 saturated carbocycles. The average Bonchev–Trinajstić information content (AvgIpc) is 2.48. The summed E-state index contributed by atoms with van der Waals surface area (Å²) in [6.07, 6.45) is -0.0420. The van der Waals surface area contributed by atoms with E-state index < -0.39 is 11.9 Å². The lowest BCUT2D eigenvalue weighted by molar-refractivity contribution is -0.138. The van der Waals surface area contributed by atoms with E-state index in [0.29, 0.717) is 31.9 Å². The number of ether oxygens (including phenoxy) is 1. The van der Waals surface area contributed by atoms with Crippen LogP contribution in [-0.4, -0.2) is 48.2 Å². The molecule has 1 fully saturated rings. The number of carbonyl (C=O) groups excluding carboxylic acids is 1. The number of morpholine rings is 1. The van der Waals surface area contributed by atoms with E-state index in [0.717, 1.165) is 0 Å². The van der Waals surface area contributed by atoms with Crippen molar-refractivity contribution in [3.05, 3.63) is 35.6 Å². The molecule has 0 bridgehead atoms. The van der Waals surface area contributed by atoms with Crippen LogP contribution in [0.3, 0.4) is 0 Å². The SMILES string of the molecule is O=C(O)CC(CC(=O)N1CCOCC1)c1ccc(F)cc1. The first-order valence-electron chi connectivity index (χ1n) is 6.89. The van der Waals surface area contributed by atoms with Gasteiger partial charge in [0.15, 0.2) is 0 Å². The Morgan fingerprint density at radius 1 is 1.19 bits per heavy atom. The van der Waals surface area contributed by atoms with E-state index in [9.17, 15) is 14.0 Å². The number of aliphatic carboxylic acids is 1. The predicted octanol–water partition coefficient (Wildman–Crippen LogP) is 1.63. The Hall–Kier alpha value is -1.95. The van der Waals surface area contributed by atoms with Gasteiger partial charge in [0.1, 0.15) is 5.82 Å². The molecule has 1 N–H and O–H groups in total. The minimum absolute atomic E-state index is 0.0890. The quantitative estimate of drug-likeness (QED) is 0.896. The second-order valence-corrected chi connectivity index (χ2v) is 5.04. The fraction of sp³-hybridized carbons (Fsp3) is 0.467. The summed E-state index contributed by atoms with van der Waals surface area (Å²) in [5.41, 5.74) is 0.667. The fourth-order valence-electron chi connectivity index (χ4n) is 2.41. The van der Waals surface area contributed by atoms with E-state index in [4.69, 9.17) is 9.84 Å². The van der Waals surface area contributed by atoms with Gasteiger partial charge < -0.3 is 14.7 Å². The highest BCUT2D eigenvalue weighted by molar-refractivity contribution is 5.78. The molecular formula is C15H18FNO4. The highest BCUT2D eigenvalue weighted by atomic mass is 19.1. The van der Waals surface area contributed by atoms with Gasteiger partial charge in [0, 0.05) is 25.4 Å². The number of halogens is 1. The number of benzene rings is 1. The van der Waals surface area contributed by atoms with Gasteiger partial charge in [-0.1, -0.05) is 12.1 Å².